The Morgan fingerprint density at radius 2 is 0.825 bits per heavy atom. The molecular weight excluding hydrogens is 584 g/mol. The number of carboxylic acid groups (broad SMARTS) is 3. The van der Waals surface area contributed by atoms with Gasteiger partial charge in [0.05, 0.1) is 17.9 Å². The first kappa shape index (κ1) is 33.8. The molecule has 0 atom stereocenters. The van der Waals surface area contributed by atoms with E-state index in [-0.39, 0.29) is 42.9 Å². The van der Waals surface area contributed by atoms with Gasteiger partial charge in [-0.25, -0.2) is 0 Å². The molecule has 0 bridgehead atoms. The fourth-order valence-corrected chi connectivity index (χ4v) is 3.14. The molecule has 0 aromatic heterocycles. The van der Waals surface area contributed by atoms with Gasteiger partial charge in [0.1, 0.15) is 0 Å². The number of aromatic carboxylic acids is 3. The van der Waals surface area contributed by atoms with Crippen molar-refractivity contribution < 1.29 is 55.9 Å². The molecule has 5 aromatic rings. The third-order valence-electron chi connectivity index (χ3n) is 5.41. The van der Waals surface area contributed by atoms with Crippen molar-refractivity contribution in [2.75, 3.05) is 0 Å². The van der Waals surface area contributed by atoms with E-state index in [2.05, 4.69) is 42.5 Å². The van der Waals surface area contributed by atoms with Crippen LogP contribution in [0.25, 0.3) is 10.8 Å². The summed E-state index contributed by atoms with van der Waals surface area (Å²) in [5.41, 5.74) is 3.82. The van der Waals surface area contributed by atoms with Gasteiger partial charge in [-0.15, -0.1) is 29.7 Å². The van der Waals surface area contributed by atoms with Crippen molar-refractivity contribution >= 4 is 28.7 Å². The molecule has 0 unspecified atom stereocenters. The number of fused-ring (bicyclic) bond motifs is 1. The molecule has 0 amide bonds. The Balaban J connectivity index is 0.000000265. The molecule has 5 rings (SSSR count). The largest absolute Gasteiger partial charge is 4.00 e. The number of aryl methyl sites for hydroxylation is 3. The third kappa shape index (κ3) is 12.1. The van der Waals surface area contributed by atoms with E-state index in [9.17, 15) is 29.7 Å². The van der Waals surface area contributed by atoms with Crippen LogP contribution in [0.3, 0.4) is 0 Å². The number of hydrogen-bond donors (Lipinski definition) is 0. The van der Waals surface area contributed by atoms with Gasteiger partial charge in [-0.1, -0.05) is 95.6 Å². The Morgan fingerprint density at radius 3 is 1.12 bits per heavy atom. The van der Waals surface area contributed by atoms with Crippen molar-refractivity contribution in [2.24, 2.45) is 0 Å². The van der Waals surface area contributed by atoms with Crippen LogP contribution in [0.2, 0.25) is 0 Å². The summed E-state index contributed by atoms with van der Waals surface area (Å²) in [6, 6.07) is 34.3. The Hall–Kier alpha value is -4.22. The van der Waals surface area contributed by atoms with E-state index >= 15 is 0 Å². The van der Waals surface area contributed by atoms with E-state index in [1.165, 1.54) is 47.2 Å². The Labute approximate surface area is 253 Å². The molecule has 0 aliphatic heterocycles. The van der Waals surface area contributed by atoms with Gasteiger partial charge in [-0.2, -0.15) is 17.5 Å². The normalized spacial score (nSPS) is 9.28. The van der Waals surface area contributed by atoms with Gasteiger partial charge in [-0.3, -0.25) is 0 Å². The monoisotopic (exact) mass is 610 g/mol. The van der Waals surface area contributed by atoms with Crippen LogP contribution in [0.1, 0.15) is 47.8 Å². The zero-order chi connectivity index (χ0) is 28.8. The zero-order valence-corrected chi connectivity index (χ0v) is 24.9. The van der Waals surface area contributed by atoms with E-state index in [1.807, 2.05) is 20.8 Å². The summed E-state index contributed by atoms with van der Waals surface area (Å²) in [5.74, 6) is -3.37. The summed E-state index contributed by atoms with van der Waals surface area (Å²) in [4.78, 5) is 30.6. The molecule has 0 aliphatic carbocycles. The molecule has 0 saturated carbocycles. The van der Waals surface area contributed by atoms with Crippen LogP contribution >= 0.6 is 0 Å². The van der Waals surface area contributed by atoms with E-state index in [0.717, 1.165) is 16.7 Å². The van der Waals surface area contributed by atoms with Gasteiger partial charge in [0.2, 0.25) is 0 Å². The minimum absolute atomic E-state index is 0. The predicted octanol–water partition coefficient (Wildman–Crippen LogP) is 3.63. The summed E-state index contributed by atoms with van der Waals surface area (Å²) in [5, 5.41) is 33.3. The molecule has 0 N–H and O–H groups in total. The van der Waals surface area contributed by atoms with Crippen molar-refractivity contribution in [3.63, 3.8) is 0 Å². The molecular formula is C33H28O6Zr. The smallest absolute Gasteiger partial charge is 0.545 e. The minimum atomic E-state index is -1.12. The van der Waals surface area contributed by atoms with Crippen molar-refractivity contribution in [3.05, 3.63) is 149 Å². The maximum atomic E-state index is 10.2. The Bertz CT molecular complexity index is 1320. The summed E-state index contributed by atoms with van der Waals surface area (Å²) < 4.78 is 0. The van der Waals surface area contributed by atoms with Gasteiger partial charge in [0.15, 0.2) is 0 Å². The van der Waals surface area contributed by atoms with Gasteiger partial charge in [-0.05, 0) is 37.5 Å². The maximum Gasteiger partial charge on any atom is 4.00 e. The molecule has 0 fully saturated rings. The maximum absolute atomic E-state index is 10.2. The van der Waals surface area contributed by atoms with Crippen LogP contribution in [-0.4, -0.2) is 17.9 Å². The molecule has 0 aliphatic rings. The molecule has 0 radical (unpaired) electrons. The van der Waals surface area contributed by atoms with Crippen LogP contribution in [-0.2, 0) is 26.2 Å². The van der Waals surface area contributed by atoms with Crippen LogP contribution < -0.4 is 15.3 Å². The Morgan fingerprint density at radius 1 is 0.500 bits per heavy atom. The molecule has 6 nitrogen and oxygen atoms in total. The summed E-state index contributed by atoms with van der Waals surface area (Å²) >= 11 is 0. The third-order valence-corrected chi connectivity index (χ3v) is 5.41. The first-order valence-electron chi connectivity index (χ1n) is 12.0. The summed E-state index contributed by atoms with van der Waals surface area (Å²) in [6.45, 7) is 5.71. The fraction of sp³-hybridized carbons (Fsp3) is 0.0909. The van der Waals surface area contributed by atoms with E-state index < -0.39 is 17.9 Å². The number of rotatable bonds is 3. The molecule has 0 spiro atoms. The van der Waals surface area contributed by atoms with Crippen molar-refractivity contribution in [3.8, 4) is 0 Å². The molecule has 40 heavy (non-hydrogen) atoms. The second kappa shape index (κ2) is 17.4. The molecule has 7 heteroatoms. The number of carboxylic acids is 3. The van der Waals surface area contributed by atoms with Crippen LogP contribution in [0.5, 0.6) is 0 Å². The molecule has 0 heterocycles. The van der Waals surface area contributed by atoms with E-state index in [4.69, 9.17) is 0 Å². The zero-order valence-electron chi connectivity index (χ0n) is 22.4. The average Bonchev–Trinajstić information content (AvgIpc) is 3.40. The SMILES string of the molecule is Cc1ccc(C(=O)[O-])cc1.Cc1ccc(C(=O)[O-])cc1.Cc1ccc(C(=O)[O-])cc1.[Zr+4].c1ccc2[cH-]ccc2c1. The number of benzene rings is 4. The van der Waals surface area contributed by atoms with Gasteiger partial charge >= 0.3 is 26.2 Å². The number of carbonyl (C=O) groups excluding carboxylic acids is 3. The second-order valence-electron chi connectivity index (χ2n) is 8.62. The quantitative estimate of drug-likeness (QED) is 0.288. The Kier molecular flexibility index (Phi) is 14.7. The first-order valence-corrected chi connectivity index (χ1v) is 12.0. The second-order valence-corrected chi connectivity index (χ2v) is 8.62. The molecule has 5 aromatic carbocycles. The predicted molar refractivity (Wildman–Crippen MR) is 146 cm³/mol. The van der Waals surface area contributed by atoms with Gasteiger partial charge in [0.25, 0.3) is 0 Å². The van der Waals surface area contributed by atoms with Gasteiger partial charge in [0, 0.05) is 0 Å². The van der Waals surface area contributed by atoms with Crippen LogP contribution in [0, 0.1) is 20.8 Å². The van der Waals surface area contributed by atoms with Gasteiger partial charge < -0.3 is 29.7 Å². The topological polar surface area (TPSA) is 120 Å². The molecule has 0 saturated heterocycles. The average molecular weight is 612 g/mol. The van der Waals surface area contributed by atoms with Crippen LogP contribution in [0.4, 0.5) is 0 Å². The van der Waals surface area contributed by atoms with Crippen molar-refractivity contribution in [1.29, 1.82) is 0 Å². The van der Waals surface area contributed by atoms with Crippen molar-refractivity contribution in [1.82, 2.24) is 0 Å². The summed E-state index contributed by atoms with van der Waals surface area (Å²) in [7, 11) is 0. The number of carbonyl (C=O) groups is 3. The standard InChI is InChI=1S/C9H7.3C8H8O2.Zr/c1-2-5-9-7-3-6-8(9)4-1;3*1-6-2-4-7(5-3-6)8(9)10;/h1-7H;3*2-5H,1H3,(H,9,10);/q-1;;;;+4/p-3. The first-order chi connectivity index (χ1) is 18.6. The summed E-state index contributed by atoms with van der Waals surface area (Å²) in [6.07, 6.45) is 0. The van der Waals surface area contributed by atoms with Crippen LogP contribution in [0.15, 0.2) is 115 Å². The minimum Gasteiger partial charge on any atom is -0.545 e. The van der Waals surface area contributed by atoms with E-state index in [1.54, 1.807) is 36.4 Å². The van der Waals surface area contributed by atoms with E-state index in [0.29, 0.717) is 0 Å². The number of hydrogen-bond acceptors (Lipinski definition) is 6. The van der Waals surface area contributed by atoms with Crippen molar-refractivity contribution in [2.45, 2.75) is 20.8 Å². The fourth-order valence-electron chi connectivity index (χ4n) is 3.14. The molecule has 200 valence electrons.